The van der Waals surface area contributed by atoms with Crippen molar-refractivity contribution in [3.8, 4) is 5.75 Å². The van der Waals surface area contributed by atoms with Gasteiger partial charge < -0.3 is 19.7 Å². The SMILES string of the molecule is Oc1cc2cc[nH]c2cc1N1CCOCC1. The molecule has 1 saturated heterocycles. The van der Waals surface area contributed by atoms with Crippen LogP contribution in [-0.2, 0) is 4.74 Å². The van der Waals surface area contributed by atoms with Crippen molar-refractivity contribution in [3.63, 3.8) is 0 Å². The lowest BCUT2D eigenvalue weighted by molar-refractivity contribution is 0.122. The van der Waals surface area contributed by atoms with Crippen LogP contribution in [0.1, 0.15) is 0 Å². The summed E-state index contributed by atoms with van der Waals surface area (Å²) in [5.41, 5.74) is 1.94. The van der Waals surface area contributed by atoms with Gasteiger partial charge >= 0.3 is 0 Å². The molecule has 1 aliphatic rings. The molecule has 3 rings (SSSR count). The number of hydrogen-bond donors (Lipinski definition) is 2. The minimum atomic E-state index is 0.342. The zero-order valence-electron chi connectivity index (χ0n) is 8.94. The van der Waals surface area contributed by atoms with Crippen LogP contribution in [0.5, 0.6) is 5.75 Å². The number of fused-ring (bicyclic) bond motifs is 1. The van der Waals surface area contributed by atoms with E-state index in [1.54, 1.807) is 6.07 Å². The molecule has 0 bridgehead atoms. The van der Waals surface area contributed by atoms with Crippen molar-refractivity contribution in [2.24, 2.45) is 0 Å². The third-order valence-corrected chi connectivity index (χ3v) is 3.00. The van der Waals surface area contributed by atoms with Crippen LogP contribution in [0.15, 0.2) is 24.4 Å². The highest BCUT2D eigenvalue weighted by Gasteiger charge is 2.15. The van der Waals surface area contributed by atoms with Crippen molar-refractivity contribution >= 4 is 16.6 Å². The Morgan fingerprint density at radius 2 is 2.06 bits per heavy atom. The molecule has 4 heteroatoms. The molecule has 84 valence electrons. The smallest absolute Gasteiger partial charge is 0.139 e. The van der Waals surface area contributed by atoms with Gasteiger partial charge in [0.2, 0.25) is 0 Å². The van der Waals surface area contributed by atoms with Gasteiger partial charge in [-0.25, -0.2) is 0 Å². The Morgan fingerprint density at radius 3 is 2.88 bits per heavy atom. The van der Waals surface area contributed by atoms with E-state index in [1.165, 1.54) is 0 Å². The van der Waals surface area contributed by atoms with E-state index in [0.29, 0.717) is 5.75 Å². The third-order valence-electron chi connectivity index (χ3n) is 3.00. The van der Waals surface area contributed by atoms with Crippen LogP contribution >= 0.6 is 0 Å². The number of benzene rings is 1. The van der Waals surface area contributed by atoms with Gasteiger partial charge in [0.05, 0.1) is 18.9 Å². The minimum absolute atomic E-state index is 0.342. The molecule has 0 unspecified atom stereocenters. The van der Waals surface area contributed by atoms with Gasteiger partial charge in [0.15, 0.2) is 0 Å². The molecular weight excluding hydrogens is 204 g/mol. The number of ether oxygens (including phenoxy) is 1. The molecule has 2 heterocycles. The Kier molecular flexibility index (Phi) is 2.22. The third kappa shape index (κ3) is 1.51. The number of aromatic amines is 1. The van der Waals surface area contributed by atoms with E-state index >= 15 is 0 Å². The van der Waals surface area contributed by atoms with Crippen LogP contribution in [0.3, 0.4) is 0 Å². The predicted octanol–water partition coefficient (Wildman–Crippen LogP) is 1.71. The zero-order valence-corrected chi connectivity index (χ0v) is 8.94. The highest BCUT2D eigenvalue weighted by molar-refractivity contribution is 5.86. The fourth-order valence-corrected chi connectivity index (χ4v) is 2.13. The first-order valence-electron chi connectivity index (χ1n) is 5.47. The lowest BCUT2D eigenvalue weighted by Crippen LogP contribution is -2.36. The molecule has 1 fully saturated rings. The zero-order chi connectivity index (χ0) is 11.0. The average molecular weight is 218 g/mol. The molecule has 0 radical (unpaired) electrons. The first-order chi connectivity index (χ1) is 7.84. The maximum absolute atomic E-state index is 9.98. The second-order valence-corrected chi connectivity index (χ2v) is 4.01. The summed E-state index contributed by atoms with van der Waals surface area (Å²) < 4.78 is 5.30. The average Bonchev–Trinajstić information content (AvgIpc) is 2.76. The van der Waals surface area contributed by atoms with Crippen molar-refractivity contribution < 1.29 is 9.84 Å². The number of aromatic hydroxyl groups is 1. The first-order valence-corrected chi connectivity index (χ1v) is 5.47. The van der Waals surface area contributed by atoms with Gasteiger partial charge in [-0.1, -0.05) is 0 Å². The number of anilines is 1. The quantitative estimate of drug-likeness (QED) is 0.766. The van der Waals surface area contributed by atoms with E-state index in [9.17, 15) is 5.11 Å². The minimum Gasteiger partial charge on any atom is -0.506 e. The maximum atomic E-state index is 9.98. The molecule has 0 atom stereocenters. The van der Waals surface area contributed by atoms with Gasteiger partial charge in [-0.15, -0.1) is 0 Å². The number of nitrogens with zero attached hydrogens (tertiary/aromatic N) is 1. The molecule has 1 aliphatic heterocycles. The molecule has 2 aromatic rings. The number of aromatic nitrogens is 1. The molecule has 2 N–H and O–H groups in total. The molecule has 0 aliphatic carbocycles. The van der Waals surface area contributed by atoms with Crippen LogP contribution in [0.4, 0.5) is 5.69 Å². The predicted molar refractivity (Wildman–Crippen MR) is 63.0 cm³/mol. The maximum Gasteiger partial charge on any atom is 0.139 e. The van der Waals surface area contributed by atoms with Crippen molar-refractivity contribution in [1.29, 1.82) is 0 Å². The summed E-state index contributed by atoms with van der Waals surface area (Å²) >= 11 is 0. The molecule has 0 spiro atoms. The topological polar surface area (TPSA) is 48.5 Å². The number of morpholine rings is 1. The summed E-state index contributed by atoms with van der Waals surface area (Å²) in [6, 6.07) is 5.75. The lowest BCUT2D eigenvalue weighted by Gasteiger charge is -2.29. The normalized spacial score (nSPS) is 16.9. The van der Waals surface area contributed by atoms with E-state index in [4.69, 9.17) is 4.74 Å². The lowest BCUT2D eigenvalue weighted by atomic mass is 10.2. The summed E-state index contributed by atoms with van der Waals surface area (Å²) in [4.78, 5) is 5.31. The van der Waals surface area contributed by atoms with Crippen LogP contribution in [-0.4, -0.2) is 36.4 Å². The largest absolute Gasteiger partial charge is 0.506 e. The van der Waals surface area contributed by atoms with Crippen molar-refractivity contribution in [2.75, 3.05) is 31.2 Å². The first kappa shape index (κ1) is 9.54. The number of phenolic OH excluding ortho intramolecular Hbond substituents is 1. The molecule has 0 saturated carbocycles. The Morgan fingerprint density at radius 1 is 1.25 bits per heavy atom. The van der Waals surface area contributed by atoms with Crippen molar-refractivity contribution in [1.82, 2.24) is 4.98 Å². The van der Waals surface area contributed by atoms with E-state index in [1.807, 2.05) is 18.3 Å². The summed E-state index contributed by atoms with van der Waals surface area (Å²) in [7, 11) is 0. The summed E-state index contributed by atoms with van der Waals surface area (Å²) in [5, 5.41) is 11.0. The van der Waals surface area contributed by atoms with Gasteiger partial charge in [-0.2, -0.15) is 0 Å². The molecule has 4 nitrogen and oxygen atoms in total. The van der Waals surface area contributed by atoms with Crippen molar-refractivity contribution in [2.45, 2.75) is 0 Å². The van der Waals surface area contributed by atoms with Crippen molar-refractivity contribution in [3.05, 3.63) is 24.4 Å². The van der Waals surface area contributed by atoms with Crippen LogP contribution in [0.25, 0.3) is 10.9 Å². The Bertz CT molecular complexity index is 501. The number of rotatable bonds is 1. The second kappa shape index (κ2) is 3.72. The molecule has 1 aromatic heterocycles. The van der Waals surface area contributed by atoms with Crippen LogP contribution < -0.4 is 4.90 Å². The van der Waals surface area contributed by atoms with E-state index in [-0.39, 0.29) is 0 Å². The van der Waals surface area contributed by atoms with Gasteiger partial charge in [0.25, 0.3) is 0 Å². The van der Waals surface area contributed by atoms with Gasteiger partial charge in [-0.3, -0.25) is 0 Å². The number of nitrogens with one attached hydrogen (secondary N) is 1. The Labute approximate surface area is 93.4 Å². The summed E-state index contributed by atoms with van der Waals surface area (Å²) in [5.74, 6) is 0.342. The van der Waals surface area contributed by atoms with Gasteiger partial charge in [0.1, 0.15) is 5.75 Å². The van der Waals surface area contributed by atoms with Gasteiger partial charge in [0, 0.05) is 30.2 Å². The molecule has 0 amide bonds. The number of H-pyrrole nitrogens is 1. The summed E-state index contributed by atoms with van der Waals surface area (Å²) in [6.45, 7) is 3.12. The molecular formula is C12H14N2O2. The van der Waals surface area contributed by atoms with Crippen LogP contribution in [0, 0.1) is 0 Å². The Hall–Kier alpha value is -1.68. The Balaban J connectivity index is 2.03. The van der Waals surface area contributed by atoms with E-state index in [2.05, 4.69) is 9.88 Å². The number of phenols is 1. The van der Waals surface area contributed by atoms with Crippen LogP contribution in [0.2, 0.25) is 0 Å². The second-order valence-electron chi connectivity index (χ2n) is 4.01. The fraction of sp³-hybridized carbons (Fsp3) is 0.333. The molecule has 16 heavy (non-hydrogen) atoms. The van der Waals surface area contributed by atoms with E-state index < -0.39 is 0 Å². The van der Waals surface area contributed by atoms with Gasteiger partial charge in [-0.05, 0) is 18.2 Å². The van der Waals surface area contributed by atoms with E-state index in [0.717, 1.165) is 42.9 Å². The standard InChI is InChI=1S/C12H14N2O2/c15-12-7-9-1-2-13-10(9)8-11(12)14-3-5-16-6-4-14/h1-2,7-8,13,15H,3-6H2. The molecule has 1 aromatic carbocycles. The highest BCUT2D eigenvalue weighted by Crippen LogP contribution is 2.32. The number of hydrogen-bond acceptors (Lipinski definition) is 3. The monoisotopic (exact) mass is 218 g/mol. The fourth-order valence-electron chi connectivity index (χ4n) is 2.13. The summed E-state index contributed by atoms with van der Waals surface area (Å²) in [6.07, 6.45) is 1.88. The highest BCUT2D eigenvalue weighted by atomic mass is 16.5.